The molecule has 2 heterocycles. The number of nitrogens with zero attached hydrogens (tertiary/aromatic N) is 3. The summed E-state index contributed by atoms with van der Waals surface area (Å²) in [5.74, 6) is 0.864. The molecule has 67 heavy (non-hydrogen) atoms. The summed E-state index contributed by atoms with van der Waals surface area (Å²) in [6.45, 7) is 29.0. The molecule has 0 aliphatic carbocycles. The van der Waals surface area contributed by atoms with Gasteiger partial charge in [0.1, 0.15) is 11.6 Å². The van der Waals surface area contributed by atoms with Crippen LogP contribution in [0, 0.1) is 33.8 Å². The largest absolute Gasteiger partial charge is 0.507 e. The van der Waals surface area contributed by atoms with E-state index >= 15 is 0 Å². The zero-order chi connectivity index (χ0) is 47.0. The molecule has 0 radical (unpaired) electrons. The molecule has 9 aromatic rings. The number of benzene rings is 7. The number of pyridine rings is 1. The van der Waals surface area contributed by atoms with Crippen molar-refractivity contribution in [3.63, 3.8) is 0 Å². The molecule has 0 spiro atoms. The molecule has 0 fully saturated rings. The van der Waals surface area contributed by atoms with Gasteiger partial charge in [-0.2, -0.15) is 0 Å². The molecule has 5 heteroatoms. The van der Waals surface area contributed by atoms with E-state index in [9.17, 15) is 5.11 Å². The fourth-order valence-electron chi connectivity index (χ4n) is 9.64. The van der Waals surface area contributed by atoms with Crippen LogP contribution < -0.4 is 0 Å². The van der Waals surface area contributed by atoms with Crippen molar-refractivity contribution < 1.29 is 26.2 Å². The molecule has 0 amide bonds. The van der Waals surface area contributed by atoms with Crippen LogP contribution in [0.2, 0.25) is 0 Å². The molecule has 0 bridgehead atoms. The van der Waals surface area contributed by atoms with E-state index in [0.29, 0.717) is 11.4 Å². The van der Waals surface area contributed by atoms with Crippen molar-refractivity contribution in [3.05, 3.63) is 179 Å². The summed E-state index contributed by atoms with van der Waals surface area (Å²) in [4.78, 5) is 10.7. The Hall–Kier alpha value is -6.09. The summed E-state index contributed by atoms with van der Waals surface area (Å²) < 4.78 is 2.25. The average molecular weight is 1060 g/mol. The predicted molar refractivity (Wildman–Crippen MR) is 279 cm³/mol. The Morgan fingerprint density at radius 1 is 0.493 bits per heavy atom. The van der Waals surface area contributed by atoms with Crippen LogP contribution in [-0.2, 0) is 37.3 Å². The molecule has 0 unspecified atom stereocenters. The van der Waals surface area contributed by atoms with Gasteiger partial charge in [-0.15, -0.1) is 29.3 Å². The number of hydrogen-bond donors (Lipinski definition) is 1. The van der Waals surface area contributed by atoms with Gasteiger partial charge < -0.3 is 5.11 Å². The maximum absolute atomic E-state index is 11.9. The van der Waals surface area contributed by atoms with Gasteiger partial charge in [-0.1, -0.05) is 158 Å². The standard InChI is InChI=1S/C62H62N3O.Pt/c1-37-17-14-18-38(2)55(37)44-30-42(29-43(31-44)51-36-48(62(11,12)13)32-41-21-16-28-63-57(41)51)50-33-45(56-39(3)19-15-20-40(56)4)34-53-58(50)64-59(52-35-47(61(8,9)10)24-27-54(52)66)65(53)49-25-22-46(23-26-49)60(5,6)7;/h14-28,30-36,66H,1-13H3;/q-1;. The summed E-state index contributed by atoms with van der Waals surface area (Å²) in [6, 6.07) is 49.9. The minimum Gasteiger partial charge on any atom is -0.507 e. The van der Waals surface area contributed by atoms with Crippen molar-refractivity contribution in [2.45, 2.75) is 106 Å². The number of phenols is 1. The number of aromatic hydroxyl groups is 1. The smallest absolute Gasteiger partial charge is 0.148 e. The van der Waals surface area contributed by atoms with Gasteiger partial charge in [0.15, 0.2) is 0 Å². The van der Waals surface area contributed by atoms with Crippen LogP contribution in [0.4, 0.5) is 0 Å². The summed E-state index contributed by atoms with van der Waals surface area (Å²) in [5.41, 5.74) is 21.0. The topological polar surface area (TPSA) is 50.9 Å². The van der Waals surface area contributed by atoms with Crippen molar-refractivity contribution in [1.82, 2.24) is 14.5 Å². The average Bonchev–Trinajstić information content (AvgIpc) is 3.64. The summed E-state index contributed by atoms with van der Waals surface area (Å²) in [5, 5.41) is 13.0. The van der Waals surface area contributed by atoms with Gasteiger partial charge in [0.05, 0.1) is 16.6 Å². The summed E-state index contributed by atoms with van der Waals surface area (Å²) >= 11 is 0. The van der Waals surface area contributed by atoms with Crippen LogP contribution in [0.1, 0.15) is 101 Å². The number of hydrogen-bond acceptors (Lipinski definition) is 3. The Bertz CT molecular complexity index is 3310. The van der Waals surface area contributed by atoms with E-state index in [1.165, 1.54) is 44.5 Å². The van der Waals surface area contributed by atoms with E-state index < -0.39 is 0 Å². The quantitative estimate of drug-likeness (QED) is 0.169. The first-order chi connectivity index (χ1) is 31.2. The summed E-state index contributed by atoms with van der Waals surface area (Å²) in [6.07, 6.45) is 1.89. The van der Waals surface area contributed by atoms with Gasteiger partial charge in [-0.3, -0.25) is 9.55 Å². The molecule has 9 rings (SSSR count). The van der Waals surface area contributed by atoms with Crippen LogP contribution >= 0.6 is 0 Å². The molecule has 0 aliphatic rings. The van der Waals surface area contributed by atoms with Crippen LogP contribution in [0.25, 0.3) is 83.5 Å². The van der Waals surface area contributed by atoms with Gasteiger partial charge in [-0.25, -0.2) is 4.98 Å². The fraction of sp³-hybridized carbons (Fsp3) is 0.258. The molecular weight excluding hydrogens is 998 g/mol. The van der Waals surface area contributed by atoms with Crippen molar-refractivity contribution in [3.8, 4) is 67.3 Å². The first kappa shape index (κ1) is 47.4. The third-order valence-corrected chi connectivity index (χ3v) is 13.4. The van der Waals surface area contributed by atoms with Crippen molar-refractivity contribution >= 4 is 21.9 Å². The van der Waals surface area contributed by atoms with Crippen LogP contribution in [0.3, 0.4) is 0 Å². The maximum Gasteiger partial charge on any atom is 0.148 e. The molecule has 2 aromatic heterocycles. The van der Waals surface area contributed by atoms with Gasteiger partial charge in [0.25, 0.3) is 0 Å². The second-order valence-corrected chi connectivity index (χ2v) is 21.5. The minimum absolute atomic E-state index is 0. The number of fused-ring (bicyclic) bond motifs is 2. The molecule has 342 valence electrons. The number of rotatable bonds is 6. The second-order valence-electron chi connectivity index (χ2n) is 21.5. The van der Waals surface area contributed by atoms with Crippen LogP contribution in [0.15, 0.2) is 134 Å². The Morgan fingerprint density at radius 3 is 1.55 bits per heavy atom. The van der Waals surface area contributed by atoms with E-state index in [1.807, 2.05) is 24.4 Å². The number of imidazole rings is 1. The van der Waals surface area contributed by atoms with E-state index in [4.69, 9.17) is 9.97 Å². The second kappa shape index (κ2) is 17.5. The zero-order valence-corrected chi connectivity index (χ0v) is 43.6. The van der Waals surface area contributed by atoms with E-state index in [-0.39, 0.29) is 43.1 Å². The Morgan fingerprint density at radius 2 is 1.00 bits per heavy atom. The number of phenolic OH excluding ortho intramolecular Hbond substituents is 1. The number of aromatic nitrogens is 3. The molecule has 7 aromatic carbocycles. The number of aryl methyl sites for hydroxylation is 4. The third-order valence-electron chi connectivity index (χ3n) is 13.4. The van der Waals surface area contributed by atoms with Gasteiger partial charge in [0.2, 0.25) is 0 Å². The molecule has 1 N–H and O–H groups in total. The molecule has 0 aliphatic heterocycles. The zero-order valence-electron chi connectivity index (χ0n) is 41.3. The first-order valence-electron chi connectivity index (χ1n) is 23.3. The van der Waals surface area contributed by atoms with Crippen molar-refractivity contribution in [1.29, 1.82) is 0 Å². The Balaban J connectivity index is 0.00000608. The van der Waals surface area contributed by atoms with Gasteiger partial charge in [0, 0.05) is 38.5 Å². The van der Waals surface area contributed by atoms with Crippen LogP contribution in [0.5, 0.6) is 5.75 Å². The molecule has 0 saturated heterocycles. The minimum atomic E-state index is -0.156. The molecular formula is C62H62N3OPt-. The predicted octanol–water partition coefficient (Wildman–Crippen LogP) is 16.5. The van der Waals surface area contributed by atoms with E-state index in [1.54, 1.807) is 0 Å². The van der Waals surface area contributed by atoms with Gasteiger partial charge in [-0.05, 0) is 141 Å². The Labute approximate surface area is 412 Å². The van der Waals surface area contributed by atoms with Crippen molar-refractivity contribution in [2.75, 3.05) is 0 Å². The normalized spacial score (nSPS) is 12.2. The molecule has 4 nitrogen and oxygen atoms in total. The van der Waals surface area contributed by atoms with Crippen molar-refractivity contribution in [2.24, 2.45) is 0 Å². The monoisotopic (exact) mass is 1060 g/mol. The summed E-state index contributed by atoms with van der Waals surface area (Å²) in [7, 11) is 0. The molecule has 0 saturated carbocycles. The third kappa shape index (κ3) is 8.94. The molecule has 0 atom stereocenters. The van der Waals surface area contributed by atoms with Crippen LogP contribution in [-0.4, -0.2) is 19.6 Å². The first-order valence-corrected chi connectivity index (χ1v) is 23.3. The van der Waals surface area contributed by atoms with Gasteiger partial charge >= 0.3 is 0 Å². The fourth-order valence-corrected chi connectivity index (χ4v) is 9.64. The SMILES string of the molecule is Cc1cccc(C)c1-c1cc(-c2cc(C(C)(C)C)cc3cccnc23)[c-]c(-c2cc(-c3c(C)cccc3C)cc3c2nc(-c2cc(C(C)(C)C)ccc2O)n3-c2ccc(C(C)(C)C)cc2)c1.[Pt]. The maximum atomic E-state index is 11.9. The van der Waals surface area contributed by atoms with E-state index in [2.05, 4.69) is 210 Å². The van der Waals surface area contributed by atoms with E-state index in [0.717, 1.165) is 66.6 Å². The Kier molecular flexibility index (Phi) is 12.4.